The molecular formula is C14H9Cl2NOS. The molecule has 0 bridgehead atoms. The second-order valence-corrected chi connectivity index (χ2v) is 6.37. The summed E-state index contributed by atoms with van der Waals surface area (Å²) in [7, 11) is 0. The maximum atomic E-state index is 11.4. The van der Waals surface area contributed by atoms with Crippen molar-refractivity contribution in [3.63, 3.8) is 0 Å². The molecule has 0 unspecified atom stereocenters. The number of nitrogens with one attached hydrogen (secondary N) is 1. The first-order chi connectivity index (χ1) is 9.11. The van der Waals surface area contributed by atoms with Crippen LogP contribution in [-0.2, 0) is 0 Å². The Balaban J connectivity index is 2.40. The number of rotatable bonds is 2. The molecule has 0 atom stereocenters. The highest BCUT2D eigenvalue weighted by molar-refractivity contribution is 7.19. The van der Waals surface area contributed by atoms with Gasteiger partial charge in [-0.25, -0.2) is 0 Å². The van der Waals surface area contributed by atoms with Gasteiger partial charge in [0.2, 0.25) is 0 Å². The van der Waals surface area contributed by atoms with E-state index in [1.807, 2.05) is 31.2 Å². The fourth-order valence-corrected chi connectivity index (χ4v) is 3.50. The van der Waals surface area contributed by atoms with Crippen LogP contribution < -0.4 is 0 Å². The Morgan fingerprint density at radius 1 is 1.21 bits per heavy atom. The van der Waals surface area contributed by atoms with E-state index in [0.29, 0.717) is 14.9 Å². The SMILES string of the molecule is Cc1ccc(Cl)c2c(C=O)c(-c3ccc(Cl)s3)[nH]c12. The molecule has 0 aliphatic rings. The van der Waals surface area contributed by atoms with Gasteiger partial charge in [0, 0.05) is 5.39 Å². The molecule has 2 heterocycles. The summed E-state index contributed by atoms with van der Waals surface area (Å²) in [6, 6.07) is 7.45. The molecule has 3 rings (SSSR count). The number of carbonyl (C=O) groups is 1. The Labute approximate surface area is 124 Å². The number of H-pyrrole nitrogens is 1. The summed E-state index contributed by atoms with van der Waals surface area (Å²) >= 11 is 13.6. The van der Waals surface area contributed by atoms with E-state index in [-0.39, 0.29) is 0 Å². The van der Waals surface area contributed by atoms with Crippen molar-refractivity contribution in [1.82, 2.24) is 4.98 Å². The van der Waals surface area contributed by atoms with Gasteiger partial charge in [-0.2, -0.15) is 0 Å². The minimum atomic E-state index is 0.577. The van der Waals surface area contributed by atoms with Crippen molar-refractivity contribution in [3.05, 3.63) is 44.8 Å². The molecule has 0 aliphatic heterocycles. The van der Waals surface area contributed by atoms with Gasteiger partial charge in [0.05, 0.1) is 31.0 Å². The lowest BCUT2D eigenvalue weighted by Crippen LogP contribution is -1.81. The summed E-state index contributed by atoms with van der Waals surface area (Å²) < 4.78 is 0.688. The zero-order valence-corrected chi connectivity index (χ0v) is 12.3. The summed E-state index contributed by atoms with van der Waals surface area (Å²) in [5.41, 5.74) is 3.31. The minimum absolute atomic E-state index is 0.577. The molecule has 5 heteroatoms. The van der Waals surface area contributed by atoms with Gasteiger partial charge in [-0.15, -0.1) is 11.3 Å². The lowest BCUT2D eigenvalue weighted by Gasteiger charge is -1.98. The predicted octanol–water partition coefficient (Wildman–Crippen LogP) is 5.32. The average Bonchev–Trinajstić information content (AvgIpc) is 2.97. The predicted molar refractivity (Wildman–Crippen MR) is 81.8 cm³/mol. The molecule has 0 saturated heterocycles. The minimum Gasteiger partial charge on any atom is -0.353 e. The summed E-state index contributed by atoms with van der Waals surface area (Å²) in [4.78, 5) is 15.7. The average molecular weight is 310 g/mol. The van der Waals surface area contributed by atoms with Crippen LogP contribution in [0.4, 0.5) is 0 Å². The molecule has 0 saturated carbocycles. The number of carbonyl (C=O) groups excluding carboxylic acids is 1. The zero-order chi connectivity index (χ0) is 13.6. The molecule has 2 nitrogen and oxygen atoms in total. The Morgan fingerprint density at radius 2 is 2.00 bits per heavy atom. The van der Waals surface area contributed by atoms with E-state index in [2.05, 4.69) is 4.98 Å². The highest BCUT2D eigenvalue weighted by atomic mass is 35.5. The first kappa shape index (κ1) is 12.7. The first-order valence-corrected chi connectivity index (χ1v) is 7.20. The second-order valence-electron chi connectivity index (χ2n) is 4.25. The van der Waals surface area contributed by atoms with Crippen LogP contribution in [0.5, 0.6) is 0 Å². The van der Waals surface area contributed by atoms with Crippen molar-refractivity contribution in [3.8, 4) is 10.6 Å². The largest absolute Gasteiger partial charge is 0.353 e. The molecule has 1 N–H and O–H groups in total. The number of hydrogen-bond donors (Lipinski definition) is 1. The van der Waals surface area contributed by atoms with E-state index in [0.717, 1.165) is 33.3 Å². The smallest absolute Gasteiger partial charge is 0.152 e. The van der Waals surface area contributed by atoms with Crippen molar-refractivity contribution in [1.29, 1.82) is 0 Å². The van der Waals surface area contributed by atoms with Crippen LogP contribution >= 0.6 is 34.5 Å². The summed E-state index contributed by atoms with van der Waals surface area (Å²) in [5.74, 6) is 0. The van der Waals surface area contributed by atoms with Crippen LogP contribution in [0.1, 0.15) is 15.9 Å². The Hall–Kier alpha value is -1.29. The summed E-state index contributed by atoms with van der Waals surface area (Å²) in [5, 5.41) is 1.35. The Morgan fingerprint density at radius 3 is 2.63 bits per heavy atom. The zero-order valence-electron chi connectivity index (χ0n) is 9.96. The van der Waals surface area contributed by atoms with Crippen LogP contribution in [0.25, 0.3) is 21.5 Å². The number of aromatic nitrogens is 1. The second kappa shape index (κ2) is 4.67. The Kier molecular flexibility index (Phi) is 3.13. The van der Waals surface area contributed by atoms with Crippen molar-refractivity contribution in [2.75, 3.05) is 0 Å². The van der Waals surface area contributed by atoms with Gasteiger partial charge in [0.1, 0.15) is 0 Å². The topological polar surface area (TPSA) is 32.9 Å². The molecule has 96 valence electrons. The molecule has 2 aromatic heterocycles. The fourth-order valence-electron chi connectivity index (χ4n) is 2.18. The highest BCUT2D eigenvalue weighted by Gasteiger charge is 2.17. The third-order valence-corrected chi connectivity index (χ3v) is 4.65. The monoisotopic (exact) mass is 309 g/mol. The number of halogens is 2. The number of hydrogen-bond acceptors (Lipinski definition) is 2. The third kappa shape index (κ3) is 1.98. The number of fused-ring (bicyclic) bond motifs is 1. The lowest BCUT2D eigenvalue weighted by atomic mass is 10.1. The van der Waals surface area contributed by atoms with Gasteiger partial charge in [0.25, 0.3) is 0 Å². The lowest BCUT2D eigenvalue weighted by molar-refractivity contribution is 0.112. The molecule has 0 amide bonds. The maximum absolute atomic E-state index is 11.4. The van der Waals surface area contributed by atoms with Gasteiger partial charge in [-0.3, -0.25) is 4.79 Å². The van der Waals surface area contributed by atoms with E-state index in [9.17, 15) is 4.79 Å². The fraction of sp³-hybridized carbons (Fsp3) is 0.0714. The van der Waals surface area contributed by atoms with Gasteiger partial charge < -0.3 is 4.98 Å². The highest BCUT2D eigenvalue weighted by Crippen LogP contribution is 2.38. The molecule has 1 aromatic carbocycles. The molecule has 0 fully saturated rings. The van der Waals surface area contributed by atoms with Crippen molar-refractivity contribution >= 4 is 51.7 Å². The van der Waals surface area contributed by atoms with Crippen LogP contribution in [0.3, 0.4) is 0 Å². The van der Waals surface area contributed by atoms with Crippen LogP contribution in [0, 0.1) is 6.92 Å². The first-order valence-electron chi connectivity index (χ1n) is 5.63. The molecule has 19 heavy (non-hydrogen) atoms. The standard InChI is InChI=1S/C14H9Cl2NOS/c1-7-2-3-9(15)12-8(6-18)14(17-13(7)12)10-4-5-11(16)19-10/h2-6,17H,1H3. The third-order valence-electron chi connectivity index (χ3n) is 3.09. The van der Waals surface area contributed by atoms with Crippen molar-refractivity contribution in [2.24, 2.45) is 0 Å². The van der Waals surface area contributed by atoms with E-state index in [1.54, 1.807) is 0 Å². The van der Waals surface area contributed by atoms with E-state index in [4.69, 9.17) is 23.2 Å². The summed E-state index contributed by atoms with van der Waals surface area (Å²) in [6.45, 7) is 1.98. The molecule has 0 spiro atoms. The number of aryl methyl sites for hydroxylation is 1. The summed E-state index contributed by atoms with van der Waals surface area (Å²) in [6.07, 6.45) is 0.840. The number of benzene rings is 1. The maximum Gasteiger partial charge on any atom is 0.152 e. The number of thiophene rings is 1. The quantitative estimate of drug-likeness (QED) is 0.638. The van der Waals surface area contributed by atoms with Crippen molar-refractivity contribution in [2.45, 2.75) is 6.92 Å². The molecule has 0 aliphatic carbocycles. The van der Waals surface area contributed by atoms with Crippen LogP contribution in [-0.4, -0.2) is 11.3 Å². The van der Waals surface area contributed by atoms with Crippen LogP contribution in [0.2, 0.25) is 9.36 Å². The van der Waals surface area contributed by atoms with Gasteiger partial charge in [0.15, 0.2) is 6.29 Å². The number of aromatic amines is 1. The number of aldehydes is 1. The Bertz CT molecular complexity index is 788. The van der Waals surface area contributed by atoms with Gasteiger partial charge in [-0.1, -0.05) is 29.3 Å². The van der Waals surface area contributed by atoms with E-state index in [1.165, 1.54) is 11.3 Å². The molecule has 3 aromatic rings. The molecular weight excluding hydrogens is 301 g/mol. The molecule has 0 radical (unpaired) electrons. The van der Waals surface area contributed by atoms with E-state index < -0.39 is 0 Å². The van der Waals surface area contributed by atoms with Gasteiger partial charge in [-0.05, 0) is 30.7 Å². The van der Waals surface area contributed by atoms with Gasteiger partial charge >= 0.3 is 0 Å². The van der Waals surface area contributed by atoms with Crippen molar-refractivity contribution < 1.29 is 4.79 Å². The van der Waals surface area contributed by atoms with Crippen LogP contribution in [0.15, 0.2) is 24.3 Å². The normalized spacial score (nSPS) is 11.1. The van der Waals surface area contributed by atoms with E-state index >= 15 is 0 Å².